The van der Waals surface area contributed by atoms with Crippen molar-refractivity contribution >= 4 is 33.7 Å². The van der Waals surface area contributed by atoms with Crippen LogP contribution in [0.2, 0.25) is 0 Å². The van der Waals surface area contributed by atoms with Gasteiger partial charge in [0.05, 0.1) is 28.3 Å². The maximum absolute atomic E-state index is 12.4. The van der Waals surface area contributed by atoms with Crippen LogP contribution in [0.5, 0.6) is 11.5 Å². The molecule has 0 atom stereocenters. The molecular weight excluding hydrogens is 478 g/mol. The van der Waals surface area contributed by atoms with E-state index in [0.29, 0.717) is 28.1 Å². The summed E-state index contributed by atoms with van der Waals surface area (Å²) in [5, 5.41) is 15.0. The van der Waals surface area contributed by atoms with E-state index in [0.717, 1.165) is 5.56 Å². The fourth-order valence-corrected chi connectivity index (χ4v) is 3.55. The molecule has 32 heavy (non-hydrogen) atoms. The average molecular weight is 498 g/mol. The predicted octanol–water partition coefficient (Wildman–Crippen LogP) is 5.02. The maximum atomic E-state index is 12.4. The number of carbonyl (C=O) groups is 1. The molecule has 0 unspecified atom stereocenters. The number of methoxy groups -OCH3 is 1. The van der Waals surface area contributed by atoms with Crippen LogP contribution in [0.4, 0.5) is 5.69 Å². The zero-order valence-corrected chi connectivity index (χ0v) is 19.0. The number of nitrogens with zero attached hydrogens (tertiary/aromatic N) is 2. The number of hydrogen-bond acceptors (Lipinski definition) is 6. The number of rotatable bonds is 8. The Morgan fingerprint density at radius 1 is 1.19 bits per heavy atom. The molecule has 3 rings (SSSR count). The molecule has 164 valence electrons. The van der Waals surface area contributed by atoms with Crippen LogP contribution in [0.15, 0.2) is 70.2 Å². The first-order chi connectivity index (χ1) is 15.4. The third-order valence-electron chi connectivity index (χ3n) is 4.60. The second-order valence-corrected chi connectivity index (χ2v) is 7.57. The lowest BCUT2D eigenvalue weighted by molar-refractivity contribution is -0.385. The van der Waals surface area contributed by atoms with Crippen LogP contribution < -0.4 is 14.9 Å². The fourth-order valence-electron chi connectivity index (χ4n) is 2.98. The number of hydrazone groups is 1. The molecule has 0 radical (unpaired) electrons. The number of ether oxygens (including phenoxy) is 2. The summed E-state index contributed by atoms with van der Waals surface area (Å²) in [7, 11) is 1.53. The highest BCUT2D eigenvalue weighted by molar-refractivity contribution is 9.10. The molecule has 0 saturated carbocycles. The van der Waals surface area contributed by atoms with Gasteiger partial charge in [-0.15, -0.1) is 0 Å². The monoisotopic (exact) mass is 497 g/mol. The molecule has 0 aliphatic rings. The van der Waals surface area contributed by atoms with E-state index in [1.165, 1.54) is 38.4 Å². The predicted molar refractivity (Wildman–Crippen MR) is 124 cm³/mol. The zero-order chi connectivity index (χ0) is 23.1. The smallest absolute Gasteiger partial charge is 0.273 e. The van der Waals surface area contributed by atoms with E-state index in [1.807, 2.05) is 30.3 Å². The van der Waals surface area contributed by atoms with Crippen LogP contribution >= 0.6 is 15.9 Å². The molecule has 0 aliphatic carbocycles. The molecular formula is C23H20BrN3O5. The fraction of sp³-hybridized carbons (Fsp3) is 0.130. The quantitative estimate of drug-likeness (QED) is 0.267. The Hall–Kier alpha value is -3.72. The lowest BCUT2D eigenvalue weighted by atomic mass is 10.1. The molecule has 1 amide bonds. The van der Waals surface area contributed by atoms with Crippen LogP contribution in [0.25, 0.3) is 0 Å². The molecule has 0 fully saturated rings. The molecule has 0 aliphatic heterocycles. The van der Waals surface area contributed by atoms with Crippen molar-refractivity contribution < 1.29 is 19.2 Å². The van der Waals surface area contributed by atoms with Crippen molar-refractivity contribution in [3.8, 4) is 11.5 Å². The van der Waals surface area contributed by atoms with Crippen LogP contribution in [-0.4, -0.2) is 24.2 Å². The first-order valence-electron chi connectivity index (χ1n) is 9.52. The maximum Gasteiger partial charge on any atom is 0.273 e. The largest absolute Gasteiger partial charge is 0.493 e. The van der Waals surface area contributed by atoms with Gasteiger partial charge >= 0.3 is 0 Å². The Labute approximate surface area is 193 Å². The van der Waals surface area contributed by atoms with E-state index in [-0.39, 0.29) is 16.8 Å². The summed E-state index contributed by atoms with van der Waals surface area (Å²) < 4.78 is 12.0. The molecule has 3 aromatic carbocycles. The third kappa shape index (κ3) is 5.50. The second-order valence-electron chi connectivity index (χ2n) is 6.71. The average Bonchev–Trinajstić information content (AvgIpc) is 2.78. The summed E-state index contributed by atoms with van der Waals surface area (Å²) in [5.74, 6) is 0.499. The van der Waals surface area contributed by atoms with E-state index in [2.05, 4.69) is 26.5 Å². The topological polar surface area (TPSA) is 103 Å². The lowest BCUT2D eigenvalue weighted by Gasteiger charge is -2.13. The zero-order valence-electron chi connectivity index (χ0n) is 17.4. The van der Waals surface area contributed by atoms with Gasteiger partial charge in [-0.1, -0.05) is 36.4 Å². The van der Waals surface area contributed by atoms with Crippen molar-refractivity contribution in [2.45, 2.75) is 13.5 Å². The van der Waals surface area contributed by atoms with Crippen molar-refractivity contribution in [2.75, 3.05) is 7.11 Å². The van der Waals surface area contributed by atoms with Crippen molar-refractivity contribution in [3.05, 3.63) is 97.5 Å². The van der Waals surface area contributed by atoms with Crippen molar-refractivity contribution in [3.63, 3.8) is 0 Å². The summed E-state index contributed by atoms with van der Waals surface area (Å²) in [6.07, 6.45) is 1.44. The molecule has 0 heterocycles. The summed E-state index contributed by atoms with van der Waals surface area (Å²) in [4.78, 5) is 22.9. The molecule has 9 heteroatoms. The summed E-state index contributed by atoms with van der Waals surface area (Å²) in [6.45, 7) is 1.90. The molecule has 8 nitrogen and oxygen atoms in total. The number of halogens is 1. The molecule has 0 aromatic heterocycles. The molecule has 1 N–H and O–H groups in total. The molecule has 0 bridgehead atoms. The minimum Gasteiger partial charge on any atom is -0.493 e. The molecule has 3 aromatic rings. The Balaban J connectivity index is 1.72. The minimum absolute atomic E-state index is 0.124. The normalized spacial score (nSPS) is 10.7. The van der Waals surface area contributed by atoms with Gasteiger partial charge in [0.25, 0.3) is 11.6 Å². The van der Waals surface area contributed by atoms with Gasteiger partial charge in [0.2, 0.25) is 0 Å². The Bertz CT molecular complexity index is 1170. The highest BCUT2D eigenvalue weighted by Crippen LogP contribution is 2.36. The van der Waals surface area contributed by atoms with Gasteiger partial charge in [0, 0.05) is 11.6 Å². The summed E-state index contributed by atoms with van der Waals surface area (Å²) in [5.41, 5.74) is 4.39. The second kappa shape index (κ2) is 10.5. The Kier molecular flexibility index (Phi) is 7.56. The van der Waals surface area contributed by atoms with Crippen molar-refractivity contribution in [1.82, 2.24) is 5.43 Å². The summed E-state index contributed by atoms with van der Waals surface area (Å²) >= 11 is 3.48. The van der Waals surface area contributed by atoms with Crippen molar-refractivity contribution in [2.24, 2.45) is 5.10 Å². The molecule has 0 spiro atoms. The standard InChI is InChI=1S/C23H20BrN3O5/c1-15-18(9-6-10-20(15)27(29)30)23(28)26-25-13-17-11-19(24)22(21(12-17)31-2)32-14-16-7-4-3-5-8-16/h3-13H,14H2,1-2H3,(H,26,28)/b25-13-. The minimum atomic E-state index is -0.545. The van der Waals surface area contributed by atoms with Crippen LogP contribution in [0.1, 0.15) is 27.0 Å². The van der Waals surface area contributed by atoms with E-state index in [1.54, 1.807) is 12.1 Å². The van der Waals surface area contributed by atoms with Gasteiger partial charge in [0.1, 0.15) is 6.61 Å². The van der Waals surface area contributed by atoms with Gasteiger partial charge in [-0.3, -0.25) is 14.9 Å². The molecule has 0 saturated heterocycles. The number of nitro benzene ring substituents is 1. The Morgan fingerprint density at radius 2 is 1.94 bits per heavy atom. The highest BCUT2D eigenvalue weighted by atomic mass is 79.9. The first-order valence-corrected chi connectivity index (χ1v) is 10.3. The summed E-state index contributed by atoms with van der Waals surface area (Å²) in [6, 6.07) is 17.6. The van der Waals surface area contributed by atoms with E-state index in [4.69, 9.17) is 9.47 Å². The highest BCUT2D eigenvalue weighted by Gasteiger charge is 2.17. The number of carbonyl (C=O) groups excluding carboxylic acids is 1. The van der Waals surface area contributed by atoms with Gasteiger partial charge in [-0.05, 0) is 52.2 Å². The van der Waals surface area contributed by atoms with Gasteiger partial charge < -0.3 is 9.47 Å². The van der Waals surface area contributed by atoms with Crippen LogP contribution in [0.3, 0.4) is 0 Å². The number of nitrogens with one attached hydrogen (secondary N) is 1. The number of amides is 1. The van der Waals surface area contributed by atoms with E-state index >= 15 is 0 Å². The van der Waals surface area contributed by atoms with Gasteiger partial charge in [-0.25, -0.2) is 5.43 Å². The lowest BCUT2D eigenvalue weighted by Crippen LogP contribution is -2.19. The van der Waals surface area contributed by atoms with Crippen molar-refractivity contribution in [1.29, 1.82) is 0 Å². The number of nitro groups is 1. The third-order valence-corrected chi connectivity index (χ3v) is 5.19. The van der Waals surface area contributed by atoms with Crippen LogP contribution in [-0.2, 0) is 6.61 Å². The van der Waals surface area contributed by atoms with Crippen LogP contribution in [0, 0.1) is 17.0 Å². The number of hydrogen-bond donors (Lipinski definition) is 1. The first kappa shape index (κ1) is 23.0. The SMILES string of the molecule is COc1cc(/C=N\NC(=O)c2cccc([N+](=O)[O-])c2C)cc(Br)c1OCc1ccccc1. The van der Waals surface area contributed by atoms with E-state index < -0.39 is 10.8 Å². The van der Waals surface area contributed by atoms with Gasteiger partial charge in [0.15, 0.2) is 11.5 Å². The Morgan fingerprint density at radius 3 is 2.62 bits per heavy atom. The van der Waals surface area contributed by atoms with Gasteiger partial charge in [-0.2, -0.15) is 5.10 Å². The van der Waals surface area contributed by atoms with E-state index in [9.17, 15) is 14.9 Å². The number of benzene rings is 3.